The van der Waals surface area contributed by atoms with Gasteiger partial charge in [0.05, 0.1) is 12.1 Å². The normalized spacial score (nSPS) is 13.0. The second-order valence-electron chi connectivity index (χ2n) is 4.25. The van der Waals surface area contributed by atoms with Crippen molar-refractivity contribution in [2.45, 2.75) is 39.8 Å². The molecule has 16 heavy (non-hydrogen) atoms. The van der Waals surface area contributed by atoms with Gasteiger partial charge in [-0.05, 0) is 18.4 Å². The number of rotatable bonds is 6. The van der Waals surface area contributed by atoms with E-state index in [1.165, 1.54) is 6.26 Å². The Morgan fingerprint density at radius 2 is 2.25 bits per heavy atom. The fourth-order valence-electron chi connectivity index (χ4n) is 1.67. The SMILES string of the molecule is CCC(NCc1cc(C(=O)O)co1)C(C)C. The number of furan rings is 1. The molecule has 0 aromatic carbocycles. The van der Waals surface area contributed by atoms with Crippen LogP contribution in [-0.2, 0) is 6.54 Å². The molecule has 1 aromatic heterocycles. The summed E-state index contributed by atoms with van der Waals surface area (Å²) in [6.07, 6.45) is 2.32. The summed E-state index contributed by atoms with van der Waals surface area (Å²) >= 11 is 0. The van der Waals surface area contributed by atoms with Gasteiger partial charge in [0.15, 0.2) is 0 Å². The van der Waals surface area contributed by atoms with Crippen LogP contribution < -0.4 is 5.32 Å². The van der Waals surface area contributed by atoms with Crippen molar-refractivity contribution in [2.75, 3.05) is 0 Å². The molecule has 0 aliphatic heterocycles. The lowest BCUT2D eigenvalue weighted by atomic mass is 10.0. The summed E-state index contributed by atoms with van der Waals surface area (Å²) in [7, 11) is 0. The molecule has 0 radical (unpaired) electrons. The largest absolute Gasteiger partial charge is 0.478 e. The number of carboxylic acids is 1. The number of nitrogens with one attached hydrogen (secondary N) is 1. The van der Waals surface area contributed by atoms with E-state index in [2.05, 4.69) is 26.1 Å². The predicted molar refractivity (Wildman–Crippen MR) is 61.4 cm³/mol. The average molecular weight is 225 g/mol. The van der Waals surface area contributed by atoms with Crippen LogP contribution in [0.5, 0.6) is 0 Å². The highest BCUT2D eigenvalue weighted by Gasteiger charge is 2.12. The van der Waals surface area contributed by atoms with Gasteiger partial charge in [-0.1, -0.05) is 20.8 Å². The lowest BCUT2D eigenvalue weighted by Gasteiger charge is -2.19. The average Bonchev–Trinajstić information content (AvgIpc) is 2.67. The maximum Gasteiger partial charge on any atom is 0.338 e. The zero-order valence-corrected chi connectivity index (χ0v) is 9.99. The summed E-state index contributed by atoms with van der Waals surface area (Å²) in [5.41, 5.74) is 0.203. The zero-order chi connectivity index (χ0) is 12.1. The molecule has 4 heteroatoms. The van der Waals surface area contributed by atoms with Gasteiger partial charge in [0.25, 0.3) is 0 Å². The summed E-state index contributed by atoms with van der Waals surface area (Å²) < 4.78 is 5.16. The molecule has 1 heterocycles. The lowest BCUT2D eigenvalue weighted by Crippen LogP contribution is -2.32. The molecule has 0 saturated heterocycles. The number of carbonyl (C=O) groups is 1. The Hall–Kier alpha value is -1.29. The molecular formula is C12H19NO3. The first-order chi connectivity index (χ1) is 7.54. The second-order valence-corrected chi connectivity index (χ2v) is 4.25. The van der Waals surface area contributed by atoms with Gasteiger partial charge in [-0.3, -0.25) is 0 Å². The number of hydrogen-bond donors (Lipinski definition) is 2. The van der Waals surface area contributed by atoms with Gasteiger partial charge in [-0.15, -0.1) is 0 Å². The highest BCUT2D eigenvalue weighted by Crippen LogP contribution is 2.10. The highest BCUT2D eigenvalue weighted by molar-refractivity contribution is 5.87. The van der Waals surface area contributed by atoms with Crippen molar-refractivity contribution in [1.82, 2.24) is 5.32 Å². The Balaban J connectivity index is 2.50. The van der Waals surface area contributed by atoms with Crippen molar-refractivity contribution in [1.29, 1.82) is 0 Å². The van der Waals surface area contributed by atoms with Gasteiger partial charge in [0.2, 0.25) is 0 Å². The third-order valence-electron chi connectivity index (χ3n) is 2.68. The summed E-state index contributed by atoms with van der Waals surface area (Å²) in [6.45, 7) is 7.02. The molecule has 0 fully saturated rings. The lowest BCUT2D eigenvalue weighted by molar-refractivity contribution is 0.0696. The molecule has 1 unspecified atom stereocenters. The van der Waals surface area contributed by atoms with Gasteiger partial charge < -0.3 is 14.8 Å². The fourth-order valence-corrected chi connectivity index (χ4v) is 1.67. The maximum absolute atomic E-state index is 10.6. The van der Waals surface area contributed by atoms with Crippen LogP contribution >= 0.6 is 0 Å². The van der Waals surface area contributed by atoms with E-state index in [9.17, 15) is 4.79 Å². The predicted octanol–water partition coefficient (Wildman–Crippen LogP) is 2.50. The Morgan fingerprint density at radius 3 is 2.69 bits per heavy atom. The molecular weight excluding hydrogens is 206 g/mol. The van der Waals surface area contributed by atoms with E-state index in [0.717, 1.165) is 6.42 Å². The molecule has 1 aromatic rings. The van der Waals surface area contributed by atoms with Crippen molar-refractivity contribution in [3.63, 3.8) is 0 Å². The van der Waals surface area contributed by atoms with Crippen molar-refractivity contribution in [3.8, 4) is 0 Å². The third kappa shape index (κ3) is 3.38. The highest BCUT2D eigenvalue weighted by atomic mass is 16.4. The van der Waals surface area contributed by atoms with Crippen LogP contribution in [0.15, 0.2) is 16.7 Å². The van der Waals surface area contributed by atoms with Crippen LogP contribution in [0.3, 0.4) is 0 Å². The molecule has 1 rings (SSSR count). The zero-order valence-electron chi connectivity index (χ0n) is 9.99. The standard InChI is InChI=1S/C12H19NO3/c1-4-11(8(2)3)13-6-10-5-9(7-16-10)12(14)15/h5,7-8,11,13H,4,6H2,1-3H3,(H,14,15). The van der Waals surface area contributed by atoms with Crippen molar-refractivity contribution in [2.24, 2.45) is 5.92 Å². The van der Waals surface area contributed by atoms with Gasteiger partial charge in [0, 0.05) is 6.04 Å². The van der Waals surface area contributed by atoms with Crippen LogP contribution in [-0.4, -0.2) is 17.1 Å². The van der Waals surface area contributed by atoms with Crippen molar-refractivity contribution in [3.05, 3.63) is 23.7 Å². The smallest absolute Gasteiger partial charge is 0.338 e. The fraction of sp³-hybridized carbons (Fsp3) is 0.583. The molecule has 4 nitrogen and oxygen atoms in total. The van der Waals surface area contributed by atoms with E-state index in [-0.39, 0.29) is 5.56 Å². The number of hydrogen-bond acceptors (Lipinski definition) is 3. The second kappa shape index (κ2) is 5.70. The van der Waals surface area contributed by atoms with E-state index < -0.39 is 5.97 Å². The number of aromatic carboxylic acids is 1. The monoisotopic (exact) mass is 225 g/mol. The minimum Gasteiger partial charge on any atom is -0.478 e. The molecule has 0 saturated carbocycles. The van der Waals surface area contributed by atoms with Crippen LogP contribution in [0.1, 0.15) is 43.3 Å². The van der Waals surface area contributed by atoms with E-state index in [4.69, 9.17) is 9.52 Å². The van der Waals surface area contributed by atoms with Crippen LogP contribution in [0.4, 0.5) is 0 Å². The van der Waals surface area contributed by atoms with Crippen LogP contribution in [0, 0.1) is 5.92 Å². The molecule has 0 spiro atoms. The molecule has 1 atom stereocenters. The molecule has 0 aliphatic rings. The summed E-state index contributed by atoms with van der Waals surface area (Å²) in [4.78, 5) is 10.6. The Morgan fingerprint density at radius 1 is 1.56 bits per heavy atom. The van der Waals surface area contributed by atoms with Gasteiger partial charge in [-0.2, -0.15) is 0 Å². The first kappa shape index (κ1) is 12.8. The maximum atomic E-state index is 10.6. The van der Waals surface area contributed by atoms with Crippen molar-refractivity contribution >= 4 is 5.97 Å². The summed E-state index contributed by atoms with van der Waals surface area (Å²) in [6, 6.07) is 1.99. The van der Waals surface area contributed by atoms with Gasteiger partial charge in [0.1, 0.15) is 12.0 Å². The Kier molecular flexibility index (Phi) is 4.55. The minimum absolute atomic E-state index is 0.203. The van der Waals surface area contributed by atoms with Crippen LogP contribution in [0.25, 0.3) is 0 Å². The van der Waals surface area contributed by atoms with Gasteiger partial charge >= 0.3 is 5.97 Å². The summed E-state index contributed by atoms with van der Waals surface area (Å²) in [5.74, 6) is 0.265. The molecule has 0 aliphatic carbocycles. The van der Waals surface area contributed by atoms with Crippen molar-refractivity contribution < 1.29 is 14.3 Å². The molecule has 0 amide bonds. The Bertz CT molecular complexity index is 344. The minimum atomic E-state index is -0.953. The topological polar surface area (TPSA) is 62.5 Å². The molecule has 90 valence electrons. The van der Waals surface area contributed by atoms with E-state index in [0.29, 0.717) is 24.3 Å². The van der Waals surface area contributed by atoms with Crippen LogP contribution in [0.2, 0.25) is 0 Å². The van der Waals surface area contributed by atoms with Gasteiger partial charge in [-0.25, -0.2) is 4.79 Å². The van der Waals surface area contributed by atoms with E-state index >= 15 is 0 Å². The van der Waals surface area contributed by atoms with E-state index in [1.54, 1.807) is 6.07 Å². The first-order valence-electron chi connectivity index (χ1n) is 5.58. The first-order valence-corrected chi connectivity index (χ1v) is 5.58. The third-order valence-corrected chi connectivity index (χ3v) is 2.68. The summed E-state index contributed by atoms with van der Waals surface area (Å²) in [5, 5.41) is 12.1. The van der Waals surface area contributed by atoms with E-state index in [1.807, 2.05) is 0 Å². The molecule has 2 N–H and O–H groups in total. The number of carboxylic acid groups (broad SMARTS) is 1. The quantitative estimate of drug-likeness (QED) is 0.780. The Labute approximate surface area is 95.7 Å². The molecule has 0 bridgehead atoms.